The molecule has 0 aliphatic heterocycles. The summed E-state index contributed by atoms with van der Waals surface area (Å²) in [6.07, 6.45) is 4.78. The largest absolute Gasteiger partial charge is 0.483 e. The van der Waals surface area contributed by atoms with Crippen molar-refractivity contribution in [1.29, 1.82) is 0 Å². The molecule has 0 fully saturated rings. The Hall–Kier alpha value is -3.31. The fourth-order valence-electron chi connectivity index (χ4n) is 2.65. The first-order valence-corrected chi connectivity index (χ1v) is 9.47. The van der Waals surface area contributed by atoms with Gasteiger partial charge in [0.2, 0.25) is 11.3 Å². The standard InChI is InChI=1S/C23H21ClN2O3/c1-26-15-22(29-16-18-5-3-2-4-6-18)21(27)13-20(26)14-25-23(28)12-9-17-7-10-19(24)11-8-17/h2-13,15H,14,16H2,1H3,(H,25,28)/b12-9+. The van der Waals surface area contributed by atoms with Crippen molar-refractivity contribution < 1.29 is 9.53 Å². The molecule has 3 aromatic rings. The molecule has 0 radical (unpaired) electrons. The van der Waals surface area contributed by atoms with Crippen molar-refractivity contribution in [3.63, 3.8) is 0 Å². The van der Waals surface area contributed by atoms with Crippen molar-refractivity contribution in [1.82, 2.24) is 9.88 Å². The van der Waals surface area contributed by atoms with Crippen LogP contribution in [0.3, 0.4) is 0 Å². The van der Waals surface area contributed by atoms with Crippen LogP contribution in [0.5, 0.6) is 5.75 Å². The van der Waals surface area contributed by atoms with Crippen LogP contribution in [0.2, 0.25) is 5.02 Å². The van der Waals surface area contributed by atoms with Gasteiger partial charge in [-0.05, 0) is 29.3 Å². The number of nitrogens with zero attached hydrogens (tertiary/aromatic N) is 1. The van der Waals surface area contributed by atoms with E-state index in [4.69, 9.17) is 16.3 Å². The predicted octanol–water partition coefficient (Wildman–Crippen LogP) is 3.95. The van der Waals surface area contributed by atoms with Crippen molar-refractivity contribution in [2.75, 3.05) is 0 Å². The molecule has 1 N–H and O–H groups in total. The lowest BCUT2D eigenvalue weighted by molar-refractivity contribution is -0.116. The summed E-state index contributed by atoms with van der Waals surface area (Å²) in [7, 11) is 1.81. The van der Waals surface area contributed by atoms with E-state index in [1.165, 1.54) is 12.1 Å². The van der Waals surface area contributed by atoms with Crippen LogP contribution in [0, 0.1) is 0 Å². The van der Waals surface area contributed by atoms with Crippen LogP contribution in [0.1, 0.15) is 16.8 Å². The van der Waals surface area contributed by atoms with Gasteiger partial charge in [-0.1, -0.05) is 54.1 Å². The first-order chi connectivity index (χ1) is 14.0. The summed E-state index contributed by atoms with van der Waals surface area (Å²) in [6.45, 7) is 0.552. The van der Waals surface area contributed by atoms with E-state index in [2.05, 4.69) is 5.32 Å². The number of pyridine rings is 1. The molecule has 0 saturated carbocycles. The SMILES string of the molecule is Cn1cc(OCc2ccccc2)c(=O)cc1CNC(=O)/C=C/c1ccc(Cl)cc1. The lowest BCUT2D eigenvalue weighted by Crippen LogP contribution is -2.24. The minimum atomic E-state index is -0.253. The monoisotopic (exact) mass is 408 g/mol. The third-order valence-electron chi connectivity index (χ3n) is 4.28. The maximum atomic E-state index is 12.3. The summed E-state index contributed by atoms with van der Waals surface area (Å²) in [5.74, 6) is 0.0193. The van der Waals surface area contributed by atoms with Gasteiger partial charge in [0.25, 0.3) is 0 Å². The van der Waals surface area contributed by atoms with Crippen molar-refractivity contribution in [3.8, 4) is 5.75 Å². The number of carbonyl (C=O) groups is 1. The highest BCUT2D eigenvalue weighted by Gasteiger charge is 2.07. The molecule has 0 spiro atoms. The zero-order valence-corrected chi connectivity index (χ0v) is 16.7. The van der Waals surface area contributed by atoms with Crippen molar-refractivity contribution in [3.05, 3.63) is 105 Å². The Morgan fingerprint density at radius 3 is 2.59 bits per heavy atom. The molecule has 6 heteroatoms. The minimum Gasteiger partial charge on any atom is -0.483 e. The quantitative estimate of drug-likeness (QED) is 0.602. The van der Waals surface area contributed by atoms with Gasteiger partial charge in [0.1, 0.15) is 6.61 Å². The summed E-state index contributed by atoms with van der Waals surface area (Å²) < 4.78 is 7.41. The van der Waals surface area contributed by atoms with Gasteiger partial charge in [-0.3, -0.25) is 9.59 Å². The Morgan fingerprint density at radius 1 is 1.14 bits per heavy atom. The average Bonchev–Trinajstić information content (AvgIpc) is 2.73. The van der Waals surface area contributed by atoms with Crippen LogP contribution >= 0.6 is 11.6 Å². The molecule has 0 atom stereocenters. The number of aromatic nitrogens is 1. The Morgan fingerprint density at radius 2 is 1.86 bits per heavy atom. The maximum absolute atomic E-state index is 12.3. The highest BCUT2D eigenvalue weighted by Crippen LogP contribution is 2.11. The molecule has 0 unspecified atom stereocenters. The zero-order chi connectivity index (χ0) is 20.6. The number of rotatable bonds is 7. The number of carbonyl (C=O) groups excluding carboxylic acids is 1. The van der Waals surface area contributed by atoms with Gasteiger partial charge in [0, 0.05) is 29.9 Å². The molecule has 1 amide bonds. The van der Waals surface area contributed by atoms with Crippen LogP contribution in [0.25, 0.3) is 6.08 Å². The first-order valence-electron chi connectivity index (χ1n) is 9.09. The molecule has 2 aromatic carbocycles. The van der Waals surface area contributed by atoms with Gasteiger partial charge in [0.05, 0.1) is 12.7 Å². The fourth-order valence-corrected chi connectivity index (χ4v) is 2.77. The summed E-state index contributed by atoms with van der Waals surface area (Å²) in [5.41, 5.74) is 2.31. The van der Waals surface area contributed by atoms with Gasteiger partial charge < -0.3 is 14.6 Å². The highest BCUT2D eigenvalue weighted by molar-refractivity contribution is 6.30. The molecule has 3 rings (SSSR count). The number of aryl methyl sites for hydroxylation is 1. The molecule has 29 heavy (non-hydrogen) atoms. The van der Waals surface area contributed by atoms with E-state index in [9.17, 15) is 9.59 Å². The Labute approximate surface area is 174 Å². The predicted molar refractivity (Wildman–Crippen MR) is 115 cm³/mol. The molecule has 0 saturated heterocycles. The summed E-state index contributed by atoms with van der Waals surface area (Å²) in [4.78, 5) is 24.4. The summed E-state index contributed by atoms with van der Waals surface area (Å²) >= 11 is 5.84. The Balaban J connectivity index is 1.58. The van der Waals surface area contributed by atoms with E-state index < -0.39 is 0 Å². The molecule has 0 aliphatic rings. The number of amides is 1. The summed E-state index contributed by atoms with van der Waals surface area (Å²) in [6, 6.07) is 18.3. The molecule has 1 heterocycles. The Bertz CT molecular complexity index is 1060. The van der Waals surface area contributed by atoms with Gasteiger partial charge in [-0.2, -0.15) is 0 Å². The first kappa shape index (κ1) is 20.4. The number of halogens is 1. The van der Waals surface area contributed by atoms with Gasteiger partial charge >= 0.3 is 0 Å². The lowest BCUT2D eigenvalue weighted by Gasteiger charge is -2.12. The van der Waals surface area contributed by atoms with Gasteiger partial charge in [-0.15, -0.1) is 0 Å². The number of ether oxygens (including phenoxy) is 1. The van der Waals surface area contributed by atoms with Crippen molar-refractivity contribution in [2.24, 2.45) is 7.05 Å². The number of nitrogens with one attached hydrogen (secondary N) is 1. The second kappa shape index (κ2) is 9.75. The third-order valence-corrected chi connectivity index (χ3v) is 4.53. The summed E-state index contributed by atoms with van der Waals surface area (Å²) in [5, 5.41) is 3.42. The number of hydrogen-bond donors (Lipinski definition) is 1. The molecule has 5 nitrogen and oxygen atoms in total. The fraction of sp³-hybridized carbons (Fsp3) is 0.130. The second-order valence-corrected chi connectivity index (χ2v) is 6.92. The van der Waals surface area contributed by atoms with E-state index in [0.717, 1.165) is 11.1 Å². The zero-order valence-electron chi connectivity index (χ0n) is 16.0. The van der Waals surface area contributed by atoms with E-state index in [1.807, 2.05) is 42.5 Å². The van der Waals surface area contributed by atoms with E-state index in [0.29, 0.717) is 17.3 Å². The van der Waals surface area contributed by atoms with Crippen LogP contribution in [0.4, 0.5) is 0 Å². The minimum absolute atomic E-state index is 0.222. The van der Waals surface area contributed by atoms with E-state index in [1.54, 1.807) is 36.0 Å². The molecule has 0 aliphatic carbocycles. The molecule has 148 valence electrons. The van der Waals surface area contributed by atoms with Gasteiger partial charge in [0.15, 0.2) is 5.75 Å². The lowest BCUT2D eigenvalue weighted by atomic mass is 10.2. The topological polar surface area (TPSA) is 60.3 Å². The maximum Gasteiger partial charge on any atom is 0.244 e. The normalized spacial score (nSPS) is 10.8. The smallest absolute Gasteiger partial charge is 0.244 e. The van der Waals surface area contributed by atoms with Crippen molar-refractivity contribution in [2.45, 2.75) is 13.2 Å². The Kier molecular flexibility index (Phi) is 6.87. The van der Waals surface area contributed by atoms with Crippen LogP contribution in [0.15, 0.2) is 77.7 Å². The van der Waals surface area contributed by atoms with E-state index >= 15 is 0 Å². The molecular formula is C23H21ClN2O3. The average molecular weight is 409 g/mol. The molecule has 0 bridgehead atoms. The highest BCUT2D eigenvalue weighted by atomic mass is 35.5. The van der Waals surface area contributed by atoms with Crippen LogP contribution < -0.4 is 15.5 Å². The third kappa shape index (κ3) is 6.09. The van der Waals surface area contributed by atoms with Crippen molar-refractivity contribution >= 4 is 23.6 Å². The number of benzene rings is 2. The number of hydrogen-bond acceptors (Lipinski definition) is 3. The van der Waals surface area contributed by atoms with Gasteiger partial charge in [-0.25, -0.2) is 0 Å². The molecular weight excluding hydrogens is 388 g/mol. The van der Waals surface area contributed by atoms with Crippen LogP contribution in [-0.4, -0.2) is 10.5 Å². The molecule has 1 aromatic heterocycles. The van der Waals surface area contributed by atoms with Crippen LogP contribution in [-0.2, 0) is 25.0 Å². The second-order valence-electron chi connectivity index (χ2n) is 6.48. The van der Waals surface area contributed by atoms with E-state index in [-0.39, 0.29) is 23.6 Å².